The molecule has 3 aromatic rings. The average molecular weight is 368 g/mol. The quantitative estimate of drug-likeness (QED) is 0.703. The molecule has 0 amide bonds. The lowest BCUT2D eigenvalue weighted by Gasteiger charge is -2.30. The van der Waals surface area contributed by atoms with Crippen LogP contribution in [0.1, 0.15) is 42.3 Å². The molecule has 0 aromatic carbocycles. The third-order valence-corrected chi connectivity index (χ3v) is 6.49. The molecule has 2 aliphatic rings. The van der Waals surface area contributed by atoms with Crippen LogP contribution in [0.15, 0.2) is 35.8 Å². The summed E-state index contributed by atoms with van der Waals surface area (Å²) in [6.07, 6.45) is 7.16. The Hall–Kier alpha value is -1.92. The summed E-state index contributed by atoms with van der Waals surface area (Å²) in [5.74, 6) is 1.46. The first-order valence-electron chi connectivity index (χ1n) is 9.71. The van der Waals surface area contributed by atoms with Gasteiger partial charge in [0.2, 0.25) is 0 Å². The van der Waals surface area contributed by atoms with Crippen molar-refractivity contribution in [3.05, 3.63) is 46.5 Å². The van der Waals surface area contributed by atoms with Crippen LogP contribution in [-0.2, 0) is 6.54 Å². The van der Waals surface area contributed by atoms with Gasteiger partial charge in [-0.3, -0.25) is 4.90 Å². The molecule has 5 rings (SSSR count). The molecule has 0 aliphatic carbocycles. The lowest BCUT2D eigenvalue weighted by molar-refractivity contribution is 0.198. The first-order chi connectivity index (χ1) is 12.8. The van der Waals surface area contributed by atoms with E-state index in [-0.39, 0.29) is 0 Å². The number of anilines is 1. The van der Waals surface area contributed by atoms with Crippen LogP contribution < -0.4 is 4.90 Å². The fourth-order valence-corrected chi connectivity index (χ4v) is 5.00. The van der Waals surface area contributed by atoms with Gasteiger partial charge in [0.15, 0.2) is 11.5 Å². The van der Waals surface area contributed by atoms with Crippen LogP contribution in [0.2, 0.25) is 0 Å². The van der Waals surface area contributed by atoms with Gasteiger partial charge in [0.05, 0.1) is 11.9 Å². The maximum absolute atomic E-state index is 4.85. The molecule has 2 aliphatic heterocycles. The lowest BCUT2D eigenvalue weighted by Crippen LogP contribution is -2.34. The van der Waals surface area contributed by atoms with Crippen molar-refractivity contribution in [2.45, 2.75) is 38.1 Å². The number of hydrogen-bond donors (Lipinski definition) is 0. The molecule has 0 bridgehead atoms. The highest BCUT2D eigenvalue weighted by Gasteiger charge is 2.25. The number of piperidine rings is 1. The molecule has 0 N–H and O–H groups in total. The molecule has 26 heavy (non-hydrogen) atoms. The van der Waals surface area contributed by atoms with Crippen LogP contribution in [0, 0.1) is 0 Å². The molecular formula is C20H25N5S. The molecule has 1 atom stereocenters. The van der Waals surface area contributed by atoms with E-state index in [9.17, 15) is 0 Å². The first kappa shape index (κ1) is 16.3. The predicted octanol–water partition coefficient (Wildman–Crippen LogP) is 3.77. The van der Waals surface area contributed by atoms with Crippen LogP contribution in [0.25, 0.3) is 5.65 Å². The van der Waals surface area contributed by atoms with E-state index >= 15 is 0 Å². The summed E-state index contributed by atoms with van der Waals surface area (Å²) in [6.45, 7) is 5.62. The minimum absolute atomic E-state index is 0.443. The Morgan fingerprint density at radius 2 is 2.00 bits per heavy atom. The lowest BCUT2D eigenvalue weighted by atomic mass is 9.97. The fourth-order valence-electron chi connectivity index (χ4n) is 4.26. The maximum Gasteiger partial charge on any atom is 0.156 e. The third-order valence-electron chi connectivity index (χ3n) is 5.63. The molecule has 3 aromatic heterocycles. The third kappa shape index (κ3) is 3.23. The highest BCUT2D eigenvalue weighted by Crippen LogP contribution is 2.27. The number of aromatic nitrogens is 3. The van der Waals surface area contributed by atoms with Gasteiger partial charge in [0.1, 0.15) is 0 Å². The normalized spacial score (nSPS) is 21.7. The Labute approximate surface area is 158 Å². The van der Waals surface area contributed by atoms with Crippen molar-refractivity contribution in [2.24, 2.45) is 0 Å². The van der Waals surface area contributed by atoms with Gasteiger partial charge < -0.3 is 4.90 Å². The van der Waals surface area contributed by atoms with Crippen molar-refractivity contribution in [1.29, 1.82) is 0 Å². The number of hydrogen-bond acceptors (Lipinski definition) is 5. The van der Waals surface area contributed by atoms with Crippen molar-refractivity contribution >= 4 is 22.7 Å². The number of pyridine rings is 1. The highest BCUT2D eigenvalue weighted by atomic mass is 32.1. The summed E-state index contributed by atoms with van der Waals surface area (Å²) in [5.41, 5.74) is 2.24. The van der Waals surface area contributed by atoms with E-state index in [1.165, 1.54) is 42.8 Å². The standard InChI is InChI=1S/C20H25N5S/c1-2-11-24(10-1)17-7-8-19-21-20(22-25(19)14-17)16-5-3-9-23(13-16)15-18-6-4-12-26-18/h4,6-8,12,14,16H,1-3,5,9-11,13,15H2/t16-/m0/s1. The summed E-state index contributed by atoms with van der Waals surface area (Å²) in [7, 11) is 0. The number of rotatable bonds is 4. The second-order valence-corrected chi connectivity index (χ2v) is 8.54. The van der Waals surface area contributed by atoms with Crippen molar-refractivity contribution in [2.75, 3.05) is 31.1 Å². The Morgan fingerprint density at radius 1 is 1.08 bits per heavy atom. The highest BCUT2D eigenvalue weighted by molar-refractivity contribution is 7.09. The zero-order valence-corrected chi connectivity index (χ0v) is 15.9. The number of nitrogens with zero attached hydrogens (tertiary/aromatic N) is 5. The molecule has 5 nitrogen and oxygen atoms in total. The number of likely N-dealkylation sites (tertiary alicyclic amines) is 1. The average Bonchev–Trinajstić information content (AvgIpc) is 3.42. The SMILES string of the molecule is c1csc(CN2CCC[C@H](c3nc4ccc(N5CCCC5)cn4n3)C2)c1. The summed E-state index contributed by atoms with van der Waals surface area (Å²) in [4.78, 5) is 11.3. The summed E-state index contributed by atoms with van der Waals surface area (Å²) in [6, 6.07) is 8.69. The Morgan fingerprint density at radius 3 is 2.85 bits per heavy atom. The molecule has 0 unspecified atom stereocenters. The van der Waals surface area contributed by atoms with E-state index in [0.29, 0.717) is 5.92 Å². The zero-order valence-electron chi connectivity index (χ0n) is 15.0. The van der Waals surface area contributed by atoms with Gasteiger partial charge in [-0.05, 0) is 55.8 Å². The molecular weight excluding hydrogens is 342 g/mol. The Kier molecular flexibility index (Phi) is 4.38. The second kappa shape index (κ2) is 7.00. The molecule has 5 heterocycles. The van der Waals surface area contributed by atoms with E-state index in [2.05, 4.69) is 45.6 Å². The molecule has 6 heteroatoms. The van der Waals surface area contributed by atoms with Gasteiger partial charge in [0.25, 0.3) is 0 Å². The Balaban J connectivity index is 1.34. The maximum atomic E-state index is 4.85. The molecule has 0 radical (unpaired) electrons. The van der Waals surface area contributed by atoms with E-state index in [1.807, 2.05) is 15.9 Å². The van der Waals surface area contributed by atoms with Gasteiger partial charge >= 0.3 is 0 Å². The van der Waals surface area contributed by atoms with E-state index in [0.717, 1.165) is 37.7 Å². The van der Waals surface area contributed by atoms with Crippen LogP contribution in [-0.4, -0.2) is 45.7 Å². The topological polar surface area (TPSA) is 36.7 Å². The summed E-state index contributed by atoms with van der Waals surface area (Å²) >= 11 is 1.85. The number of fused-ring (bicyclic) bond motifs is 1. The summed E-state index contributed by atoms with van der Waals surface area (Å²) in [5, 5.41) is 7.02. The molecule has 0 spiro atoms. The van der Waals surface area contributed by atoms with Gasteiger partial charge in [-0.15, -0.1) is 11.3 Å². The van der Waals surface area contributed by atoms with Crippen molar-refractivity contribution in [1.82, 2.24) is 19.5 Å². The van der Waals surface area contributed by atoms with Crippen molar-refractivity contribution in [3.63, 3.8) is 0 Å². The molecule has 2 saturated heterocycles. The summed E-state index contributed by atoms with van der Waals surface area (Å²) < 4.78 is 1.99. The number of thiophene rings is 1. The van der Waals surface area contributed by atoms with Gasteiger partial charge in [-0.2, -0.15) is 5.10 Å². The van der Waals surface area contributed by atoms with Gasteiger partial charge in [-0.1, -0.05) is 6.07 Å². The van der Waals surface area contributed by atoms with E-state index in [1.54, 1.807) is 0 Å². The zero-order chi connectivity index (χ0) is 17.3. The largest absolute Gasteiger partial charge is 0.370 e. The first-order valence-corrected chi connectivity index (χ1v) is 10.6. The second-order valence-electron chi connectivity index (χ2n) is 7.51. The molecule has 136 valence electrons. The molecule has 2 fully saturated rings. The minimum Gasteiger partial charge on any atom is -0.370 e. The van der Waals surface area contributed by atoms with Crippen molar-refractivity contribution in [3.8, 4) is 0 Å². The predicted molar refractivity (Wildman–Crippen MR) is 106 cm³/mol. The Bertz CT molecular complexity index is 866. The van der Waals surface area contributed by atoms with Crippen LogP contribution in [0.5, 0.6) is 0 Å². The fraction of sp³-hybridized carbons (Fsp3) is 0.500. The monoisotopic (exact) mass is 367 g/mol. The van der Waals surface area contributed by atoms with Crippen molar-refractivity contribution < 1.29 is 0 Å². The van der Waals surface area contributed by atoms with Crippen LogP contribution in [0.3, 0.4) is 0 Å². The minimum atomic E-state index is 0.443. The van der Waals surface area contributed by atoms with Crippen LogP contribution >= 0.6 is 11.3 Å². The van der Waals surface area contributed by atoms with E-state index in [4.69, 9.17) is 10.1 Å². The molecule has 0 saturated carbocycles. The van der Waals surface area contributed by atoms with E-state index < -0.39 is 0 Å². The van der Waals surface area contributed by atoms with Gasteiger partial charge in [0, 0.05) is 37.0 Å². The van der Waals surface area contributed by atoms with Gasteiger partial charge in [-0.25, -0.2) is 9.50 Å². The smallest absolute Gasteiger partial charge is 0.156 e. The van der Waals surface area contributed by atoms with Crippen LogP contribution in [0.4, 0.5) is 5.69 Å².